The molecule has 5 nitrogen and oxygen atoms in total. The number of carbonyl (C=O) groups is 1. The summed E-state index contributed by atoms with van der Waals surface area (Å²) in [5.41, 5.74) is 0.657. The zero-order chi connectivity index (χ0) is 16.9. The van der Waals surface area contributed by atoms with Gasteiger partial charge in [0, 0.05) is 18.2 Å². The van der Waals surface area contributed by atoms with Crippen molar-refractivity contribution in [2.24, 2.45) is 0 Å². The van der Waals surface area contributed by atoms with Crippen LogP contribution in [0.5, 0.6) is 0 Å². The number of nitrogens with zero attached hydrogens (tertiary/aromatic N) is 3. The van der Waals surface area contributed by atoms with E-state index in [2.05, 4.69) is 17.1 Å². The van der Waals surface area contributed by atoms with E-state index in [1.165, 1.54) is 30.3 Å². The molecule has 2 heterocycles. The second kappa shape index (κ2) is 7.79. The van der Waals surface area contributed by atoms with Gasteiger partial charge >= 0.3 is 0 Å². The molecule has 7 heteroatoms. The molecule has 1 fully saturated rings. The predicted molar refractivity (Wildman–Crippen MR) is 90.1 cm³/mol. The summed E-state index contributed by atoms with van der Waals surface area (Å²) >= 11 is 1.25. The first-order valence-corrected chi connectivity index (χ1v) is 9.17. The fraction of sp³-hybridized carbons (Fsp3) is 0.471. The predicted octanol–water partition coefficient (Wildman–Crippen LogP) is 3.76. The summed E-state index contributed by atoms with van der Waals surface area (Å²) in [4.78, 5) is 14.4. The van der Waals surface area contributed by atoms with E-state index < -0.39 is 0 Å². The average Bonchev–Trinajstić information content (AvgIpc) is 3.09. The monoisotopic (exact) mass is 349 g/mol. The van der Waals surface area contributed by atoms with Gasteiger partial charge in [0.25, 0.3) is 5.22 Å². The maximum atomic E-state index is 12.9. The summed E-state index contributed by atoms with van der Waals surface area (Å²) in [5, 5.41) is 8.26. The van der Waals surface area contributed by atoms with Crippen LogP contribution >= 0.6 is 11.8 Å². The summed E-state index contributed by atoms with van der Waals surface area (Å²) in [6.07, 6.45) is 4.34. The molecule has 0 aliphatic carbocycles. The number of hydrogen-bond donors (Lipinski definition) is 0. The smallest absolute Gasteiger partial charge is 0.277 e. The van der Waals surface area contributed by atoms with Crippen LogP contribution in [0.2, 0.25) is 0 Å². The Morgan fingerprint density at radius 3 is 2.88 bits per heavy atom. The summed E-state index contributed by atoms with van der Waals surface area (Å²) in [7, 11) is 0. The molecule has 3 rings (SSSR count). The van der Waals surface area contributed by atoms with Gasteiger partial charge in [0.2, 0.25) is 11.8 Å². The highest BCUT2D eigenvalue weighted by molar-refractivity contribution is 7.99. The fourth-order valence-electron chi connectivity index (χ4n) is 2.94. The summed E-state index contributed by atoms with van der Waals surface area (Å²) in [5.74, 6) is 0.426. The zero-order valence-electron chi connectivity index (χ0n) is 13.6. The Morgan fingerprint density at radius 2 is 2.12 bits per heavy atom. The second-order valence-electron chi connectivity index (χ2n) is 5.81. The molecule has 1 unspecified atom stereocenters. The number of benzene rings is 1. The van der Waals surface area contributed by atoms with E-state index in [-0.39, 0.29) is 11.7 Å². The molecule has 0 spiro atoms. The van der Waals surface area contributed by atoms with E-state index in [9.17, 15) is 9.18 Å². The minimum Gasteiger partial charge on any atom is -0.411 e. The van der Waals surface area contributed by atoms with Crippen LogP contribution in [0.25, 0.3) is 11.5 Å². The van der Waals surface area contributed by atoms with Gasteiger partial charge in [0.15, 0.2) is 0 Å². The molecule has 0 bridgehead atoms. The maximum absolute atomic E-state index is 12.9. The third-order valence-electron chi connectivity index (χ3n) is 4.24. The number of rotatable bonds is 5. The van der Waals surface area contributed by atoms with Crippen molar-refractivity contribution in [1.29, 1.82) is 0 Å². The molecule has 0 radical (unpaired) electrons. The Kier molecular flexibility index (Phi) is 5.50. The van der Waals surface area contributed by atoms with E-state index in [0.717, 1.165) is 25.8 Å². The highest BCUT2D eigenvalue weighted by atomic mass is 32.2. The molecule has 24 heavy (non-hydrogen) atoms. The van der Waals surface area contributed by atoms with E-state index in [0.29, 0.717) is 28.5 Å². The number of halogens is 1. The second-order valence-corrected chi connectivity index (χ2v) is 6.74. The van der Waals surface area contributed by atoms with E-state index in [1.54, 1.807) is 12.1 Å². The number of aromatic nitrogens is 2. The van der Waals surface area contributed by atoms with Crippen LogP contribution in [0.3, 0.4) is 0 Å². The topological polar surface area (TPSA) is 59.2 Å². The van der Waals surface area contributed by atoms with Crippen LogP contribution in [-0.2, 0) is 4.79 Å². The highest BCUT2D eigenvalue weighted by Crippen LogP contribution is 2.25. The number of amides is 1. The number of hydrogen-bond acceptors (Lipinski definition) is 5. The first-order chi connectivity index (χ1) is 11.7. The minimum absolute atomic E-state index is 0.119. The molecule has 128 valence electrons. The maximum Gasteiger partial charge on any atom is 0.277 e. The molecule has 1 saturated heterocycles. The van der Waals surface area contributed by atoms with Crippen LogP contribution in [-0.4, -0.2) is 39.3 Å². The van der Waals surface area contributed by atoms with E-state index in [4.69, 9.17) is 4.42 Å². The normalized spacial score (nSPS) is 17.9. The Morgan fingerprint density at radius 1 is 1.33 bits per heavy atom. The Hall–Kier alpha value is -1.89. The van der Waals surface area contributed by atoms with E-state index in [1.807, 2.05) is 4.90 Å². The van der Waals surface area contributed by atoms with Crippen molar-refractivity contribution in [3.8, 4) is 11.5 Å². The van der Waals surface area contributed by atoms with Crippen molar-refractivity contribution < 1.29 is 13.6 Å². The molecular weight excluding hydrogens is 329 g/mol. The van der Waals surface area contributed by atoms with Crippen molar-refractivity contribution in [2.75, 3.05) is 12.3 Å². The Labute approximate surface area is 144 Å². The molecular formula is C17H20FN3O2S. The number of likely N-dealkylation sites (tertiary alicyclic amines) is 1. The van der Waals surface area contributed by atoms with Crippen LogP contribution in [0.15, 0.2) is 33.9 Å². The van der Waals surface area contributed by atoms with Gasteiger partial charge in [0.1, 0.15) is 5.82 Å². The van der Waals surface area contributed by atoms with Crippen molar-refractivity contribution in [1.82, 2.24) is 15.1 Å². The first kappa shape index (κ1) is 17.0. The minimum atomic E-state index is -0.314. The third kappa shape index (κ3) is 3.95. The van der Waals surface area contributed by atoms with Crippen molar-refractivity contribution >= 4 is 17.7 Å². The third-order valence-corrected chi connectivity index (χ3v) is 5.04. The molecule has 1 aromatic heterocycles. The fourth-order valence-corrected chi connectivity index (χ4v) is 3.59. The number of carbonyl (C=O) groups excluding carboxylic acids is 1. The number of thioether (sulfide) groups is 1. The van der Waals surface area contributed by atoms with Crippen LogP contribution in [0.4, 0.5) is 4.39 Å². The largest absolute Gasteiger partial charge is 0.411 e. The van der Waals surface area contributed by atoms with Crippen molar-refractivity contribution in [2.45, 2.75) is 43.9 Å². The lowest BCUT2D eigenvalue weighted by Crippen LogP contribution is -2.44. The first-order valence-electron chi connectivity index (χ1n) is 8.19. The molecule has 1 atom stereocenters. The van der Waals surface area contributed by atoms with E-state index >= 15 is 0 Å². The zero-order valence-corrected chi connectivity index (χ0v) is 14.4. The van der Waals surface area contributed by atoms with Crippen molar-refractivity contribution in [3.05, 3.63) is 30.1 Å². The highest BCUT2D eigenvalue weighted by Gasteiger charge is 2.25. The molecule has 1 aliphatic heterocycles. The van der Waals surface area contributed by atoms with Gasteiger partial charge in [0.05, 0.1) is 5.75 Å². The quantitative estimate of drug-likeness (QED) is 0.769. The standard InChI is InChI=1S/C17H20FN3O2S/c1-2-14-5-3-4-10-21(14)15(22)11-24-17-20-19-16(23-17)12-6-8-13(18)9-7-12/h6-9,14H,2-5,10-11H2,1H3. The van der Waals surface area contributed by atoms with Gasteiger partial charge in [-0.2, -0.15) is 0 Å². The van der Waals surface area contributed by atoms with Gasteiger partial charge < -0.3 is 9.32 Å². The van der Waals surface area contributed by atoms with Crippen molar-refractivity contribution in [3.63, 3.8) is 0 Å². The summed E-state index contributed by atoms with van der Waals surface area (Å²) in [6.45, 7) is 2.96. The van der Waals surface area contributed by atoms with Gasteiger partial charge in [-0.25, -0.2) is 4.39 Å². The molecule has 1 aliphatic rings. The van der Waals surface area contributed by atoms with Crippen LogP contribution < -0.4 is 0 Å². The van der Waals surface area contributed by atoms with Crippen LogP contribution in [0, 0.1) is 5.82 Å². The summed E-state index contributed by atoms with van der Waals surface area (Å²) < 4.78 is 18.5. The average molecular weight is 349 g/mol. The lowest BCUT2D eigenvalue weighted by atomic mass is 10.0. The Bertz CT molecular complexity index is 689. The molecule has 1 aromatic carbocycles. The van der Waals surface area contributed by atoms with Gasteiger partial charge in [-0.15, -0.1) is 10.2 Å². The number of piperidine rings is 1. The molecule has 2 aromatic rings. The SMILES string of the molecule is CCC1CCCCN1C(=O)CSc1nnc(-c2ccc(F)cc2)o1. The van der Waals surface area contributed by atoms with Crippen LogP contribution in [0.1, 0.15) is 32.6 Å². The lowest BCUT2D eigenvalue weighted by Gasteiger charge is -2.35. The molecule has 0 saturated carbocycles. The van der Waals surface area contributed by atoms with Gasteiger partial charge in [-0.1, -0.05) is 18.7 Å². The Balaban J connectivity index is 1.59. The molecule has 1 amide bonds. The lowest BCUT2D eigenvalue weighted by molar-refractivity contribution is -0.132. The van der Waals surface area contributed by atoms with Gasteiger partial charge in [-0.05, 0) is 49.9 Å². The summed E-state index contributed by atoms with van der Waals surface area (Å²) in [6, 6.07) is 6.21. The van der Waals surface area contributed by atoms with Gasteiger partial charge in [-0.3, -0.25) is 4.79 Å². The molecule has 0 N–H and O–H groups in total.